The summed E-state index contributed by atoms with van der Waals surface area (Å²) in [5.74, 6) is 0.968. The van der Waals surface area contributed by atoms with Crippen molar-refractivity contribution in [1.82, 2.24) is 9.97 Å². The number of hydrogen-bond donors (Lipinski definition) is 0. The van der Waals surface area contributed by atoms with E-state index in [0.717, 1.165) is 19.7 Å². The molecule has 0 radical (unpaired) electrons. The Bertz CT molecular complexity index is 686. The maximum Gasteiger partial charge on any atom is 0.129 e. The summed E-state index contributed by atoms with van der Waals surface area (Å²) in [6.45, 7) is 0. The van der Waals surface area contributed by atoms with Gasteiger partial charge in [0.15, 0.2) is 0 Å². The average Bonchev–Trinajstić information content (AvgIpc) is 2.59. The van der Waals surface area contributed by atoms with Gasteiger partial charge in [0.1, 0.15) is 5.15 Å². The molecule has 23 heavy (non-hydrogen) atoms. The molecule has 2 heterocycles. The van der Waals surface area contributed by atoms with Gasteiger partial charge in [-0.1, -0.05) is 41.9 Å². The smallest absolute Gasteiger partial charge is 0.129 e. The van der Waals surface area contributed by atoms with Crippen molar-refractivity contribution in [3.63, 3.8) is 0 Å². The van der Waals surface area contributed by atoms with E-state index in [0.29, 0.717) is 5.15 Å². The molecule has 0 bridgehead atoms. The van der Waals surface area contributed by atoms with Gasteiger partial charge in [0.2, 0.25) is 0 Å². The van der Waals surface area contributed by atoms with E-state index in [4.69, 9.17) is 11.6 Å². The molecule has 0 atom stereocenters. The largest absolute Gasteiger partial charge is 0.249 e. The van der Waals surface area contributed by atoms with E-state index in [2.05, 4.69) is 66.1 Å². The second-order valence-electron chi connectivity index (χ2n) is 4.39. The highest BCUT2D eigenvalue weighted by molar-refractivity contribution is 9.10. The first-order valence-corrected chi connectivity index (χ1v) is 9.64. The Balaban J connectivity index is 0.000000203. The Hall–Kier alpha value is -0.880. The molecular formula is C17H13Br2ClN2S. The molecule has 0 saturated carbocycles. The summed E-state index contributed by atoms with van der Waals surface area (Å²) in [5.41, 5.74) is 1.33. The second kappa shape index (κ2) is 10.1. The number of aromatic nitrogens is 2. The topological polar surface area (TPSA) is 25.8 Å². The molecule has 0 aliphatic heterocycles. The number of nitrogens with zero attached hydrogens (tertiary/aromatic N) is 2. The number of halogens is 3. The zero-order valence-corrected chi connectivity index (χ0v) is 16.7. The minimum atomic E-state index is 0.521. The van der Waals surface area contributed by atoms with Crippen molar-refractivity contribution < 1.29 is 0 Å². The first kappa shape index (κ1) is 18.5. The van der Waals surface area contributed by atoms with Gasteiger partial charge in [-0.15, -0.1) is 11.8 Å². The zero-order chi connectivity index (χ0) is 16.5. The highest BCUT2D eigenvalue weighted by Crippen LogP contribution is 2.21. The van der Waals surface area contributed by atoms with Crippen LogP contribution in [0.3, 0.4) is 0 Å². The monoisotopic (exact) mass is 470 g/mol. The molecule has 1 aromatic carbocycles. The molecular weight excluding hydrogens is 460 g/mol. The lowest BCUT2D eigenvalue weighted by atomic mass is 10.2. The SMILES string of the molecule is Brc1ccc(SCc2ccccc2)nc1.Clc1ccc(Br)cn1. The number of hydrogen-bond acceptors (Lipinski definition) is 3. The van der Waals surface area contributed by atoms with Gasteiger partial charge in [-0.05, 0) is 61.7 Å². The highest BCUT2D eigenvalue weighted by Gasteiger charge is 1.96. The predicted molar refractivity (Wildman–Crippen MR) is 105 cm³/mol. The van der Waals surface area contributed by atoms with Gasteiger partial charge in [-0.2, -0.15) is 0 Å². The average molecular weight is 473 g/mol. The van der Waals surface area contributed by atoms with Gasteiger partial charge in [0, 0.05) is 27.1 Å². The quantitative estimate of drug-likeness (QED) is 0.316. The Labute approximate surface area is 162 Å². The van der Waals surface area contributed by atoms with Crippen molar-refractivity contribution >= 4 is 55.2 Å². The lowest BCUT2D eigenvalue weighted by Crippen LogP contribution is -1.82. The molecule has 0 spiro atoms. The maximum atomic E-state index is 5.48. The van der Waals surface area contributed by atoms with Gasteiger partial charge >= 0.3 is 0 Å². The van der Waals surface area contributed by atoms with Gasteiger partial charge in [-0.25, -0.2) is 9.97 Å². The van der Waals surface area contributed by atoms with Crippen LogP contribution >= 0.6 is 55.2 Å². The van der Waals surface area contributed by atoms with Crippen molar-refractivity contribution in [1.29, 1.82) is 0 Å². The molecule has 0 N–H and O–H groups in total. The Morgan fingerprint density at radius 2 is 1.48 bits per heavy atom. The number of thioether (sulfide) groups is 1. The third-order valence-electron chi connectivity index (χ3n) is 2.62. The summed E-state index contributed by atoms with van der Waals surface area (Å²) in [6.07, 6.45) is 3.48. The molecule has 6 heteroatoms. The van der Waals surface area contributed by atoms with Crippen LogP contribution in [0.4, 0.5) is 0 Å². The third-order valence-corrected chi connectivity index (χ3v) is 4.80. The first-order valence-electron chi connectivity index (χ1n) is 6.69. The predicted octanol–water partition coefficient (Wildman–Crippen LogP) is 6.63. The fraction of sp³-hybridized carbons (Fsp3) is 0.0588. The molecule has 118 valence electrons. The van der Waals surface area contributed by atoms with E-state index in [1.165, 1.54) is 5.56 Å². The van der Waals surface area contributed by atoms with E-state index in [-0.39, 0.29) is 0 Å². The molecule has 3 rings (SSSR count). The zero-order valence-electron chi connectivity index (χ0n) is 12.0. The van der Waals surface area contributed by atoms with Crippen molar-refractivity contribution in [2.24, 2.45) is 0 Å². The highest BCUT2D eigenvalue weighted by atomic mass is 79.9. The molecule has 0 unspecified atom stereocenters. The Kier molecular flexibility index (Phi) is 8.09. The minimum Gasteiger partial charge on any atom is -0.249 e. The van der Waals surface area contributed by atoms with Crippen LogP contribution in [0.25, 0.3) is 0 Å². The fourth-order valence-corrected chi connectivity index (χ4v) is 2.92. The van der Waals surface area contributed by atoms with Gasteiger partial charge < -0.3 is 0 Å². The summed E-state index contributed by atoms with van der Waals surface area (Å²) in [4.78, 5) is 8.11. The van der Waals surface area contributed by atoms with Crippen LogP contribution in [-0.2, 0) is 5.75 Å². The van der Waals surface area contributed by atoms with Crippen LogP contribution in [0.2, 0.25) is 5.15 Å². The second-order valence-corrected chi connectivity index (χ2v) is 7.60. The molecule has 3 aromatic rings. The molecule has 0 saturated heterocycles. The van der Waals surface area contributed by atoms with Gasteiger partial charge in [0.05, 0.1) is 5.03 Å². The van der Waals surface area contributed by atoms with E-state index < -0.39 is 0 Å². The molecule has 2 nitrogen and oxygen atoms in total. The summed E-state index contributed by atoms with van der Waals surface area (Å²) in [6, 6.07) is 18.0. The molecule has 0 aliphatic carbocycles. The summed E-state index contributed by atoms with van der Waals surface area (Å²) >= 11 is 13.8. The Morgan fingerprint density at radius 3 is 2.00 bits per heavy atom. The minimum absolute atomic E-state index is 0.521. The maximum absolute atomic E-state index is 5.48. The van der Waals surface area contributed by atoms with Gasteiger partial charge in [0.25, 0.3) is 0 Å². The molecule has 0 fully saturated rings. The fourth-order valence-electron chi connectivity index (χ4n) is 1.54. The summed E-state index contributed by atoms with van der Waals surface area (Å²) in [5, 5.41) is 1.58. The lowest BCUT2D eigenvalue weighted by molar-refractivity contribution is 1.12. The van der Waals surface area contributed by atoms with E-state index in [9.17, 15) is 0 Å². The van der Waals surface area contributed by atoms with Crippen molar-refractivity contribution in [3.8, 4) is 0 Å². The summed E-state index contributed by atoms with van der Waals surface area (Å²) in [7, 11) is 0. The van der Waals surface area contributed by atoms with Crippen LogP contribution in [0.5, 0.6) is 0 Å². The third kappa shape index (κ3) is 7.48. The molecule has 2 aromatic heterocycles. The molecule has 0 aliphatic rings. The van der Waals surface area contributed by atoms with Crippen molar-refractivity contribution in [2.75, 3.05) is 0 Å². The van der Waals surface area contributed by atoms with Gasteiger partial charge in [-0.3, -0.25) is 0 Å². The molecule has 0 amide bonds. The van der Waals surface area contributed by atoms with Crippen LogP contribution in [0.15, 0.2) is 81.0 Å². The van der Waals surface area contributed by atoms with E-state index >= 15 is 0 Å². The van der Waals surface area contributed by atoms with Crippen molar-refractivity contribution in [2.45, 2.75) is 10.8 Å². The first-order chi connectivity index (χ1) is 11.1. The van der Waals surface area contributed by atoms with Crippen LogP contribution in [-0.4, -0.2) is 9.97 Å². The summed E-state index contributed by atoms with van der Waals surface area (Å²) < 4.78 is 1.97. The lowest BCUT2D eigenvalue weighted by Gasteiger charge is -2.00. The van der Waals surface area contributed by atoms with Crippen LogP contribution in [0, 0.1) is 0 Å². The number of pyridine rings is 2. The normalized spacial score (nSPS) is 9.87. The number of benzene rings is 1. The van der Waals surface area contributed by atoms with E-state index in [1.54, 1.807) is 24.0 Å². The van der Waals surface area contributed by atoms with Crippen LogP contribution in [0.1, 0.15) is 5.56 Å². The Morgan fingerprint density at radius 1 is 0.826 bits per heavy atom. The van der Waals surface area contributed by atoms with Crippen LogP contribution < -0.4 is 0 Å². The number of rotatable bonds is 3. The van der Waals surface area contributed by atoms with E-state index in [1.807, 2.05) is 30.5 Å². The van der Waals surface area contributed by atoms with Crippen molar-refractivity contribution in [3.05, 3.63) is 86.7 Å². The standard InChI is InChI=1S/C12H10BrNS.C5H3BrClN/c13-11-6-7-12(14-8-11)15-9-10-4-2-1-3-5-10;6-4-1-2-5(7)8-3-4/h1-8H,9H2;1-3H.